The summed E-state index contributed by atoms with van der Waals surface area (Å²) in [6.07, 6.45) is 0. The lowest BCUT2D eigenvalue weighted by Crippen LogP contribution is -2.49. The van der Waals surface area contributed by atoms with Crippen molar-refractivity contribution >= 4 is 40.6 Å². The summed E-state index contributed by atoms with van der Waals surface area (Å²) >= 11 is 0.710. The molecule has 0 saturated heterocycles. The third-order valence-corrected chi connectivity index (χ3v) is 6.24. The molecular weight excluding hydrogens is 498 g/mol. The Bertz CT molecular complexity index is 1350. The van der Waals surface area contributed by atoms with Crippen molar-refractivity contribution in [2.75, 3.05) is 23.8 Å². The molecule has 0 radical (unpaired) electrons. The molecule has 1 aromatic heterocycles. The minimum Gasteiger partial charge on any atom is -0.508 e. The van der Waals surface area contributed by atoms with Gasteiger partial charge >= 0.3 is 0 Å². The van der Waals surface area contributed by atoms with E-state index in [2.05, 4.69) is 9.69 Å². The maximum absolute atomic E-state index is 14.1. The lowest BCUT2D eigenvalue weighted by atomic mass is 10.00. The first-order chi connectivity index (χ1) is 17.5. The Labute approximate surface area is 217 Å². The van der Waals surface area contributed by atoms with E-state index >= 15 is 0 Å². The molecule has 12 heteroatoms. The third kappa shape index (κ3) is 5.43. The number of phenols is 1. The highest BCUT2D eigenvalue weighted by atomic mass is 32.1. The van der Waals surface area contributed by atoms with Crippen LogP contribution in [0, 0.1) is 0 Å². The van der Waals surface area contributed by atoms with Crippen LogP contribution in [-0.2, 0) is 4.79 Å². The van der Waals surface area contributed by atoms with E-state index in [9.17, 15) is 19.5 Å². The van der Waals surface area contributed by atoms with Crippen molar-refractivity contribution in [3.8, 4) is 17.2 Å². The number of nitrogens with zero attached hydrogens (tertiary/aromatic N) is 2. The van der Waals surface area contributed by atoms with Gasteiger partial charge in [0, 0.05) is 17.3 Å². The summed E-state index contributed by atoms with van der Waals surface area (Å²) in [5.74, 6) is -1.15. The average molecular weight is 526 g/mol. The Balaban J connectivity index is 1.91. The largest absolute Gasteiger partial charge is 0.508 e. The number of phenolic OH excluding ortho intramolecular Hbond substituents is 1. The molecule has 1 aliphatic rings. The van der Waals surface area contributed by atoms with E-state index in [0.717, 1.165) is 0 Å². The van der Waals surface area contributed by atoms with Gasteiger partial charge in [0.25, 0.3) is 11.8 Å². The zero-order valence-electron chi connectivity index (χ0n) is 20.5. The van der Waals surface area contributed by atoms with Gasteiger partial charge in [-0.1, -0.05) is 12.1 Å². The van der Waals surface area contributed by atoms with Gasteiger partial charge < -0.3 is 31.4 Å². The lowest BCUT2D eigenvalue weighted by molar-refractivity contribution is -0.123. The van der Waals surface area contributed by atoms with Gasteiger partial charge in [0.15, 0.2) is 17.2 Å². The number of nitrogens with two attached hydrogens (primary N) is 2. The van der Waals surface area contributed by atoms with Crippen LogP contribution in [0.2, 0.25) is 0 Å². The monoisotopic (exact) mass is 525 g/mol. The summed E-state index contributed by atoms with van der Waals surface area (Å²) in [6.45, 7) is 6.15. The van der Waals surface area contributed by atoms with Gasteiger partial charge in [-0.15, -0.1) is 0 Å². The van der Waals surface area contributed by atoms with Crippen LogP contribution in [-0.4, -0.2) is 46.0 Å². The Morgan fingerprint density at radius 2 is 1.73 bits per heavy atom. The van der Waals surface area contributed by atoms with Gasteiger partial charge in [-0.3, -0.25) is 19.3 Å². The summed E-state index contributed by atoms with van der Waals surface area (Å²) < 4.78 is 15.3. The number of benzene rings is 2. The number of rotatable bonds is 6. The number of fused-ring (bicyclic) bond motifs is 1. The molecule has 11 nitrogen and oxygen atoms in total. The number of primary amides is 1. The predicted molar refractivity (Wildman–Crippen MR) is 138 cm³/mol. The highest BCUT2D eigenvalue weighted by Crippen LogP contribution is 2.39. The van der Waals surface area contributed by atoms with E-state index in [-0.39, 0.29) is 22.0 Å². The Hall–Kier alpha value is -4.32. The SMILES string of the molecule is CC(C)(C)NC(=O)[C@@H](c1ccc(O)cc1)N(C(=O)c1snc(C(N)=O)c1N)c1ccc2c(c1)OCCO2. The standard InChI is InChI=1S/C25H27N5O6S/c1-25(2,3)28-23(33)20(13-4-7-15(31)8-5-13)30(14-6-9-16-17(12-14)36-11-10-35-16)24(34)21-18(26)19(22(27)32)29-37-21/h4-9,12,20,31H,10-11,26H2,1-3H3,(H2,27,32)(H,28,33)/t20-/m1/s1. The Kier molecular flexibility index (Phi) is 6.94. The molecule has 0 aliphatic carbocycles. The van der Waals surface area contributed by atoms with Gasteiger partial charge in [-0.05, 0) is 62.1 Å². The fourth-order valence-electron chi connectivity index (χ4n) is 3.82. The quantitative estimate of drug-likeness (QED) is 0.380. The molecule has 0 fully saturated rings. The van der Waals surface area contributed by atoms with E-state index in [1.54, 1.807) is 30.3 Å². The second-order valence-corrected chi connectivity index (χ2v) is 10.1. The van der Waals surface area contributed by atoms with Crippen molar-refractivity contribution in [1.29, 1.82) is 0 Å². The predicted octanol–water partition coefficient (Wildman–Crippen LogP) is 2.60. The number of carbonyl (C=O) groups excluding carboxylic acids is 3. The number of anilines is 2. The number of nitrogens with one attached hydrogen (secondary N) is 1. The Morgan fingerprint density at radius 3 is 2.32 bits per heavy atom. The smallest absolute Gasteiger partial charge is 0.273 e. The maximum Gasteiger partial charge on any atom is 0.273 e. The number of carbonyl (C=O) groups is 3. The van der Waals surface area contributed by atoms with Gasteiger partial charge in [0.05, 0.1) is 5.69 Å². The highest BCUT2D eigenvalue weighted by Gasteiger charge is 2.37. The summed E-state index contributed by atoms with van der Waals surface area (Å²) in [5.41, 5.74) is 11.1. The molecular formula is C25H27N5O6S. The minimum atomic E-state index is -1.20. The molecule has 0 spiro atoms. The van der Waals surface area contributed by atoms with Crippen molar-refractivity contribution in [1.82, 2.24) is 9.69 Å². The molecule has 4 rings (SSSR count). The van der Waals surface area contributed by atoms with E-state index in [1.807, 2.05) is 20.8 Å². The number of hydrogen-bond acceptors (Lipinski definition) is 9. The van der Waals surface area contributed by atoms with Crippen molar-refractivity contribution < 1.29 is 29.0 Å². The van der Waals surface area contributed by atoms with Gasteiger partial charge in [-0.25, -0.2) is 0 Å². The first-order valence-corrected chi connectivity index (χ1v) is 12.1. The first-order valence-electron chi connectivity index (χ1n) is 11.4. The van der Waals surface area contributed by atoms with Crippen LogP contribution in [0.1, 0.15) is 52.5 Å². The van der Waals surface area contributed by atoms with Crippen LogP contribution in [0.5, 0.6) is 17.2 Å². The number of amides is 3. The molecule has 1 aliphatic heterocycles. The van der Waals surface area contributed by atoms with Crippen molar-refractivity contribution in [3.63, 3.8) is 0 Å². The molecule has 6 N–H and O–H groups in total. The molecule has 194 valence electrons. The Morgan fingerprint density at radius 1 is 1.08 bits per heavy atom. The second kappa shape index (κ2) is 9.97. The summed E-state index contributed by atoms with van der Waals surface area (Å²) in [6, 6.07) is 9.60. The number of ether oxygens (including phenoxy) is 2. The van der Waals surface area contributed by atoms with Crippen LogP contribution < -0.4 is 31.2 Å². The van der Waals surface area contributed by atoms with Crippen LogP contribution in [0.4, 0.5) is 11.4 Å². The lowest BCUT2D eigenvalue weighted by Gasteiger charge is -2.34. The third-order valence-electron chi connectivity index (χ3n) is 5.39. The van der Waals surface area contributed by atoms with E-state index in [4.69, 9.17) is 20.9 Å². The number of aromatic hydroxyl groups is 1. The molecule has 3 amide bonds. The molecule has 3 aromatic rings. The molecule has 0 saturated carbocycles. The number of hydrogen-bond donors (Lipinski definition) is 4. The van der Waals surface area contributed by atoms with Crippen LogP contribution in [0.15, 0.2) is 42.5 Å². The summed E-state index contributed by atoms with van der Waals surface area (Å²) in [7, 11) is 0. The minimum absolute atomic E-state index is 0.00580. The second-order valence-electron chi connectivity index (χ2n) is 9.37. The maximum atomic E-state index is 14.1. The highest BCUT2D eigenvalue weighted by molar-refractivity contribution is 7.09. The normalized spacial score (nSPS) is 13.5. The van der Waals surface area contributed by atoms with Crippen LogP contribution >= 0.6 is 11.5 Å². The van der Waals surface area contributed by atoms with Gasteiger partial charge in [0.1, 0.15) is 29.9 Å². The molecule has 1 atom stereocenters. The molecule has 0 bridgehead atoms. The molecule has 2 aromatic carbocycles. The van der Waals surface area contributed by atoms with E-state index in [0.29, 0.717) is 47.5 Å². The van der Waals surface area contributed by atoms with Crippen molar-refractivity contribution in [2.45, 2.75) is 32.4 Å². The number of aromatic nitrogens is 1. The first kappa shape index (κ1) is 25.8. The summed E-state index contributed by atoms with van der Waals surface area (Å²) in [4.78, 5) is 40.8. The molecule has 37 heavy (non-hydrogen) atoms. The number of nitrogen functional groups attached to an aromatic ring is 1. The van der Waals surface area contributed by atoms with Gasteiger partial charge in [-0.2, -0.15) is 4.37 Å². The van der Waals surface area contributed by atoms with Crippen LogP contribution in [0.25, 0.3) is 0 Å². The summed E-state index contributed by atoms with van der Waals surface area (Å²) in [5, 5.41) is 12.8. The van der Waals surface area contributed by atoms with E-state index in [1.165, 1.54) is 17.0 Å². The van der Waals surface area contributed by atoms with Crippen molar-refractivity contribution in [2.24, 2.45) is 5.73 Å². The van der Waals surface area contributed by atoms with Crippen molar-refractivity contribution in [3.05, 3.63) is 58.6 Å². The average Bonchev–Trinajstić information content (AvgIpc) is 3.23. The zero-order valence-corrected chi connectivity index (χ0v) is 21.3. The fourth-order valence-corrected chi connectivity index (χ4v) is 4.56. The van der Waals surface area contributed by atoms with Gasteiger partial charge in [0.2, 0.25) is 5.91 Å². The van der Waals surface area contributed by atoms with Crippen LogP contribution in [0.3, 0.4) is 0 Å². The van der Waals surface area contributed by atoms with E-state index < -0.39 is 29.3 Å². The topological polar surface area (TPSA) is 170 Å². The molecule has 0 unspecified atom stereocenters. The zero-order chi connectivity index (χ0) is 26.9. The molecule has 2 heterocycles. The fraction of sp³-hybridized carbons (Fsp3) is 0.280.